The van der Waals surface area contributed by atoms with Crippen molar-refractivity contribution < 1.29 is 10.0 Å². The third-order valence-electron chi connectivity index (χ3n) is 2.32. The minimum atomic E-state index is -0.277. The highest BCUT2D eigenvalue weighted by atomic mass is 32.1. The van der Waals surface area contributed by atoms with Crippen LogP contribution < -0.4 is 5.32 Å². The number of carbonyl (C=O) groups excluding carboxylic acids is 1. The first-order chi connectivity index (χ1) is 8.61. The van der Waals surface area contributed by atoms with Crippen LogP contribution in [0.3, 0.4) is 0 Å². The van der Waals surface area contributed by atoms with Crippen molar-refractivity contribution in [2.24, 2.45) is 5.16 Å². The zero-order valence-electron chi connectivity index (χ0n) is 9.76. The molecule has 1 amide bonds. The van der Waals surface area contributed by atoms with Crippen LogP contribution in [0.25, 0.3) is 0 Å². The standard InChI is InChI=1S/C10H11N5O2S/c1-5-7(3-11-14-5)9(16)13-10-12-8(4-18-10)6(2)15-17/h3-4,17H,1-2H3,(H,11,14)(H,12,13,16). The quantitative estimate of drug-likeness (QED) is 0.445. The molecule has 18 heavy (non-hydrogen) atoms. The summed E-state index contributed by atoms with van der Waals surface area (Å²) < 4.78 is 0. The van der Waals surface area contributed by atoms with Crippen molar-refractivity contribution in [3.8, 4) is 0 Å². The number of nitrogens with one attached hydrogen (secondary N) is 2. The lowest BCUT2D eigenvalue weighted by Crippen LogP contribution is -2.12. The third kappa shape index (κ3) is 2.38. The number of hydrogen-bond acceptors (Lipinski definition) is 6. The summed E-state index contributed by atoms with van der Waals surface area (Å²) in [5.41, 5.74) is 2.09. The predicted molar refractivity (Wildman–Crippen MR) is 67.4 cm³/mol. The van der Waals surface area contributed by atoms with Crippen molar-refractivity contribution in [1.29, 1.82) is 0 Å². The van der Waals surface area contributed by atoms with Crippen LogP contribution in [0.4, 0.5) is 5.13 Å². The first-order valence-corrected chi connectivity index (χ1v) is 5.95. The van der Waals surface area contributed by atoms with E-state index >= 15 is 0 Å². The minimum Gasteiger partial charge on any atom is -0.411 e. The second kappa shape index (κ2) is 4.96. The second-order valence-electron chi connectivity index (χ2n) is 3.59. The molecule has 0 aliphatic rings. The maximum atomic E-state index is 11.9. The van der Waals surface area contributed by atoms with Crippen LogP contribution in [0.2, 0.25) is 0 Å². The molecule has 3 N–H and O–H groups in total. The summed E-state index contributed by atoms with van der Waals surface area (Å²) in [5.74, 6) is -0.277. The smallest absolute Gasteiger partial charge is 0.260 e. The monoisotopic (exact) mass is 265 g/mol. The Balaban J connectivity index is 2.13. The van der Waals surface area contributed by atoms with Gasteiger partial charge in [0.1, 0.15) is 11.4 Å². The molecule has 0 saturated heterocycles. The van der Waals surface area contributed by atoms with E-state index in [-0.39, 0.29) is 5.91 Å². The Morgan fingerprint density at radius 3 is 3.00 bits per heavy atom. The average Bonchev–Trinajstić information content (AvgIpc) is 2.97. The van der Waals surface area contributed by atoms with Gasteiger partial charge in [-0.1, -0.05) is 5.16 Å². The number of aryl methyl sites for hydroxylation is 1. The molecule has 2 aromatic heterocycles. The summed E-state index contributed by atoms with van der Waals surface area (Å²) in [6.07, 6.45) is 1.46. The Morgan fingerprint density at radius 1 is 1.61 bits per heavy atom. The van der Waals surface area contributed by atoms with Crippen LogP contribution in [0.1, 0.15) is 28.7 Å². The molecule has 0 aromatic carbocycles. The van der Waals surface area contributed by atoms with Crippen molar-refractivity contribution in [1.82, 2.24) is 15.2 Å². The number of H-pyrrole nitrogens is 1. The lowest BCUT2D eigenvalue weighted by Gasteiger charge is -1.99. The molecule has 0 saturated carbocycles. The number of thiazole rings is 1. The highest BCUT2D eigenvalue weighted by molar-refractivity contribution is 7.14. The van der Waals surface area contributed by atoms with Gasteiger partial charge in [-0.3, -0.25) is 15.2 Å². The van der Waals surface area contributed by atoms with Crippen molar-refractivity contribution in [2.75, 3.05) is 5.32 Å². The SMILES string of the molecule is CC(=NO)c1csc(NC(=O)c2cn[nH]c2C)n1. The van der Waals surface area contributed by atoms with Crippen molar-refractivity contribution in [3.63, 3.8) is 0 Å². The fraction of sp³-hybridized carbons (Fsp3) is 0.200. The molecule has 0 radical (unpaired) electrons. The maximum Gasteiger partial charge on any atom is 0.260 e. The van der Waals surface area contributed by atoms with Crippen LogP contribution in [-0.4, -0.2) is 32.0 Å². The Morgan fingerprint density at radius 2 is 2.39 bits per heavy atom. The van der Waals surface area contributed by atoms with Gasteiger partial charge < -0.3 is 5.21 Å². The van der Waals surface area contributed by atoms with Gasteiger partial charge >= 0.3 is 0 Å². The highest BCUT2D eigenvalue weighted by Crippen LogP contribution is 2.17. The van der Waals surface area contributed by atoms with Gasteiger partial charge in [0.2, 0.25) is 0 Å². The van der Waals surface area contributed by atoms with E-state index in [4.69, 9.17) is 5.21 Å². The molecule has 2 rings (SSSR count). The summed E-state index contributed by atoms with van der Waals surface area (Å²) in [4.78, 5) is 16.0. The fourth-order valence-corrected chi connectivity index (χ4v) is 2.04. The number of oxime groups is 1. The maximum absolute atomic E-state index is 11.9. The van der Waals surface area contributed by atoms with Crippen molar-refractivity contribution in [3.05, 3.63) is 28.5 Å². The van der Waals surface area contributed by atoms with Gasteiger partial charge in [0, 0.05) is 11.1 Å². The normalized spacial score (nSPS) is 11.6. The van der Waals surface area contributed by atoms with Crippen molar-refractivity contribution in [2.45, 2.75) is 13.8 Å². The number of carbonyl (C=O) groups is 1. The Hall–Kier alpha value is -2.22. The molecule has 0 spiro atoms. The van der Waals surface area contributed by atoms with Crippen LogP contribution in [0.5, 0.6) is 0 Å². The Labute approximate surface area is 107 Å². The van der Waals surface area contributed by atoms with E-state index in [0.717, 1.165) is 0 Å². The van der Waals surface area contributed by atoms with E-state index in [9.17, 15) is 4.79 Å². The van der Waals surface area contributed by atoms with E-state index in [0.29, 0.717) is 27.8 Å². The Bertz CT molecular complexity index is 601. The molecule has 0 aliphatic carbocycles. The first-order valence-electron chi connectivity index (χ1n) is 5.07. The lowest BCUT2D eigenvalue weighted by atomic mass is 10.2. The molecule has 7 nitrogen and oxygen atoms in total. The van der Waals surface area contributed by atoms with Crippen LogP contribution in [0, 0.1) is 6.92 Å². The van der Waals surface area contributed by atoms with Gasteiger partial charge in [0.15, 0.2) is 5.13 Å². The predicted octanol–water partition coefficient (Wildman–Crippen LogP) is 1.63. The van der Waals surface area contributed by atoms with E-state index in [2.05, 4.69) is 25.7 Å². The van der Waals surface area contributed by atoms with E-state index in [1.54, 1.807) is 19.2 Å². The molecule has 0 aliphatic heterocycles. The van der Waals surface area contributed by atoms with Gasteiger partial charge in [-0.05, 0) is 13.8 Å². The molecule has 94 valence electrons. The third-order valence-corrected chi connectivity index (χ3v) is 3.08. The number of nitrogens with zero attached hydrogens (tertiary/aromatic N) is 3. The van der Waals surface area contributed by atoms with E-state index in [1.807, 2.05) is 0 Å². The summed E-state index contributed by atoms with van der Waals surface area (Å²) in [6, 6.07) is 0. The zero-order valence-corrected chi connectivity index (χ0v) is 10.6. The Kier molecular flexibility index (Phi) is 3.38. The summed E-state index contributed by atoms with van der Waals surface area (Å²) in [6.45, 7) is 3.39. The van der Waals surface area contributed by atoms with Gasteiger partial charge in [-0.15, -0.1) is 11.3 Å². The highest BCUT2D eigenvalue weighted by Gasteiger charge is 2.13. The lowest BCUT2D eigenvalue weighted by molar-refractivity contribution is 0.102. The largest absolute Gasteiger partial charge is 0.411 e. The number of anilines is 1. The number of aromatic nitrogens is 3. The molecule has 0 bridgehead atoms. The minimum absolute atomic E-state index is 0.277. The zero-order chi connectivity index (χ0) is 13.1. The molecule has 2 heterocycles. The number of amides is 1. The van der Waals surface area contributed by atoms with Crippen LogP contribution in [0.15, 0.2) is 16.7 Å². The molecular weight excluding hydrogens is 254 g/mol. The number of rotatable bonds is 3. The molecular formula is C10H11N5O2S. The molecule has 8 heteroatoms. The van der Waals surface area contributed by atoms with Gasteiger partial charge in [0.25, 0.3) is 5.91 Å². The van der Waals surface area contributed by atoms with E-state index < -0.39 is 0 Å². The average molecular weight is 265 g/mol. The van der Waals surface area contributed by atoms with Crippen LogP contribution >= 0.6 is 11.3 Å². The molecule has 0 atom stereocenters. The van der Waals surface area contributed by atoms with Gasteiger partial charge in [0.05, 0.1) is 11.8 Å². The summed E-state index contributed by atoms with van der Waals surface area (Å²) >= 11 is 1.26. The van der Waals surface area contributed by atoms with Gasteiger partial charge in [-0.25, -0.2) is 4.98 Å². The van der Waals surface area contributed by atoms with E-state index in [1.165, 1.54) is 17.5 Å². The number of hydrogen-bond donors (Lipinski definition) is 3. The molecule has 0 fully saturated rings. The first kappa shape index (κ1) is 12.2. The van der Waals surface area contributed by atoms with Gasteiger partial charge in [-0.2, -0.15) is 5.10 Å². The topological polar surface area (TPSA) is 103 Å². The fourth-order valence-electron chi connectivity index (χ4n) is 1.29. The van der Waals surface area contributed by atoms with Crippen LogP contribution in [-0.2, 0) is 0 Å². The molecule has 0 unspecified atom stereocenters. The van der Waals surface area contributed by atoms with Crippen molar-refractivity contribution >= 4 is 28.1 Å². The summed E-state index contributed by atoms with van der Waals surface area (Å²) in [5, 5.41) is 22.9. The molecule has 2 aromatic rings. The second-order valence-corrected chi connectivity index (χ2v) is 4.44. The summed E-state index contributed by atoms with van der Waals surface area (Å²) in [7, 11) is 0. The number of aromatic amines is 1.